The van der Waals surface area contributed by atoms with E-state index in [0.29, 0.717) is 5.82 Å². The van der Waals surface area contributed by atoms with Crippen LogP contribution in [-0.4, -0.2) is 41.8 Å². The maximum Gasteiger partial charge on any atom is 0.422 e. The summed E-state index contributed by atoms with van der Waals surface area (Å²) in [6, 6.07) is -0.325. The van der Waals surface area contributed by atoms with Gasteiger partial charge >= 0.3 is 12.2 Å². The molecule has 0 aliphatic carbocycles. The minimum absolute atomic E-state index is 0.254. The Morgan fingerprint density at radius 1 is 1.19 bits per heavy atom. The predicted octanol–water partition coefficient (Wildman–Crippen LogP) is 1.19. The number of anilines is 1. The summed E-state index contributed by atoms with van der Waals surface area (Å²) >= 11 is 0. The van der Waals surface area contributed by atoms with Crippen molar-refractivity contribution in [2.75, 3.05) is 25.6 Å². The smallest absolute Gasteiger partial charge is 0.422 e. The van der Waals surface area contributed by atoms with Crippen LogP contribution in [0.4, 0.5) is 19.1 Å². The molecule has 5 nitrogen and oxygen atoms in total. The van der Waals surface area contributed by atoms with Crippen LogP contribution >= 0.6 is 0 Å². The number of nitrogens with zero attached hydrogens (tertiary/aromatic N) is 4. The Labute approximate surface area is 90.3 Å². The highest BCUT2D eigenvalue weighted by atomic mass is 19.4. The number of rotatable bonds is 3. The Hall–Kier alpha value is -1.60. The molecule has 0 fully saturated rings. The minimum Gasteiger partial charge on any atom is -0.454 e. The van der Waals surface area contributed by atoms with Gasteiger partial charge in [0.25, 0.3) is 0 Å². The highest BCUT2D eigenvalue weighted by Crippen LogP contribution is 2.16. The molecule has 0 atom stereocenters. The topological polar surface area (TPSA) is 51.1 Å². The van der Waals surface area contributed by atoms with E-state index in [-0.39, 0.29) is 12.0 Å². The molecule has 1 rings (SSSR count). The third-order valence-electron chi connectivity index (χ3n) is 1.48. The summed E-state index contributed by atoms with van der Waals surface area (Å²) in [4.78, 5) is 12.8. The van der Waals surface area contributed by atoms with Crippen LogP contribution in [0.3, 0.4) is 0 Å². The number of ether oxygens (including phenoxy) is 1. The van der Waals surface area contributed by atoms with E-state index in [9.17, 15) is 13.2 Å². The SMILES string of the molecule is Cc1nc(OCC(F)(F)F)nc(N(C)C)n1. The Balaban J connectivity index is 2.81. The average molecular weight is 236 g/mol. The molecule has 0 amide bonds. The zero-order valence-corrected chi connectivity index (χ0v) is 9.04. The monoisotopic (exact) mass is 236 g/mol. The van der Waals surface area contributed by atoms with Crippen LogP contribution in [0, 0.1) is 6.92 Å². The van der Waals surface area contributed by atoms with Crippen LogP contribution in [0.15, 0.2) is 0 Å². The molecule has 0 radical (unpaired) electrons. The normalized spacial score (nSPS) is 11.4. The van der Waals surface area contributed by atoms with Crippen molar-refractivity contribution < 1.29 is 17.9 Å². The second-order valence-electron chi connectivity index (χ2n) is 3.26. The number of aromatic nitrogens is 3. The van der Waals surface area contributed by atoms with Crippen molar-refractivity contribution in [3.63, 3.8) is 0 Å². The first-order valence-electron chi connectivity index (χ1n) is 4.37. The molecule has 8 heteroatoms. The summed E-state index contributed by atoms with van der Waals surface area (Å²) in [5.74, 6) is 0.556. The fraction of sp³-hybridized carbons (Fsp3) is 0.625. The molecule has 1 aromatic heterocycles. The first-order valence-corrected chi connectivity index (χ1v) is 4.37. The second kappa shape index (κ2) is 4.50. The third kappa shape index (κ3) is 3.87. The van der Waals surface area contributed by atoms with Gasteiger partial charge in [0.05, 0.1) is 0 Å². The quantitative estimate of drug-likeness (QED) is 0.789. The number of hydrogen-bond donors (Lipinski definition) is 0. The first-order chi connectivity index (χ1) is 7.28. The van der Waals surface area contributed by atoms with Gasteiger partial charge in [-0.05, 0) is 6.92 Å². The lowest BCUT2D eigenvalue weighted by Crippen LogP contribution is -2.21. The van der Waals surface area contributed by atoms with Crippen molar-refractivity contribution in [3.05, 3.63) is 5.82 Å². The number of aryl methyl sites for hydroxylation is 1. The van der Waals surface area contributed by atoms with E-state index in [1.165, 1.54) is 0 Å². The molecular weight excluding hydrogens is 225 g/mol. The minimum atomic E-state index is -4.40. The molecule has 0 aliphatic heterocycles. The summed E-state index contributed by atoms with van der Waals surface area (Å²) in [5.41, 5.74) is 0. The van der Waals surface area contributed by atoms with E-state index >= 15 is 0 Å². The van der Waals surface area contributed by atoms with E-state index in [0.717, 1.165) is 0 Å². The molecule has 1 aromatic rings. The Morgan fingerprint density at radius 3 is 2.31 bits per heavy atom. The average Bonchev–Trinajstić information content (AvgIpc) is 2.13. The van der Waals surface area contributed by atoms with Crippen LogP contribution in [0.25, 0.3) is 0 Å². The van der Waals surface area contributed by atoms with Crippen molar-refractivity contribution in [2.24, 2.45) is 0 Å². The Kier molecular flexibility index (Phi) is 3.51. The maximum absolute atomic E-state index is 11.9. The van der Waals surface area contributed by atoms with Gasteiger partial charge in [-0.1, -0.05) is 0 Å². The van der Waals surface area contributed by atoms with Gasteiger partial charge in [0.1, 0.15) is 5.82 Å². The molecule has 90 valence electrons. The van der Waals surface area contributed by atoms with Gasteiger partial charge < -0.3 is 9.64 Å². The van der Waals surface area contributed by atoms with Gasteiger partial charge in [-0.2, -0.15) is 28.1 Å². The molecule has 0 aromatic carbocycles. The van der Waals surface area contributed by atoms with E-state index in [4.69, 9.17) is 0 Å². The predicted molar refractivity (Wildman–Crippen MR) is 50.4 cm³/mol. The zero-order valence-electron chi connectivity index (χ0n) is 9.04. The molecular formula is C8H11F3N4O. The zero-order chi connectivity index (χ0) is 12.3. The van der Waals surface area contributed by atoms with Crippen molar-refractivity contribution in [1.82, 2.24) is 15.0 Å². The van der Waals surface area contributed by atoms with Crippen LogP contribution < -0.4 is 9.64 Å². The fourth-order valence-corrected chi connectivity index (χ4v) is 0.855. The number of hydrogen-bond acceptors (Lipinski definition) is 5. The lowest BCUT2D eigenvalue weighted by molar-refractivity contribution is -0.154. The fourth-order valence-electron chi connectivity index (χ4n) is 0.855. The van der Waals surface area contributed by atoms with Crippen LogP contribution in [0.2, 0.25) is 0 Å². The van der Waals surface area contributed by atoms with E-state index in [2.05, 4.69) is 19.7 Å². The second-order valence-corrected chi connectivity index (χ2v) is 3.26. The van der Waals surface area contributed by atoms with Crippen molar-refractivity contribution in [3.8, 4) is 6.01 Å². The van der Waals surface area contributed by atoms with Crippen LogP contribution in [-0.2, 0) is 0 Å². The summed E-state index contributed by atoms with van der Waals surface area (Å²) in [5, 5.41) is 0. The maximum atomic E-state index is 11.9. The van der Waals surface area contributed by atoms with Gasteiger partial charge in [-0.3, -0.25) is 0 Å². The van der Waals surface area contributed by atoms with Gasteiger partial charge in [-0.25, -0.2) is 0 Å². The van der Waals surface area contributed by atoms with Gasteiger partial charge in [-0.15, -0.1) is 0 Å². The lowest BCUT2D eigenvalue weighted by atomic mass is 10.6. The van der Waals surface area contributed by atoms with E-state index in [1.54, 1.807) is 25.9 Å². The molecule has 1 heterocycles. The molecule has 0 N–H and O–H groups in total. The van der Waals surface area contributed by atoms with Crippen molar-refractivity contribution >= 4 is 5.95 Å². The molecule has 0 bridgehead atoms. The van der Waals surface area contributed by atoms with Gasteiger partial charge in [0, 0.05) is 14.1 Å². The summed E-state index contributed by atoms with van der Waals surface area (Å²) < 4.78 is 40.1. The summed E-state index contributed by atoms with van der Waals surface area (Å²) in [7, 11) is 3.34. The van der Waals surface area contributed by atoms with Crippen LogP contribution in [0.1, 0.15) is 5.82 Å². The number of alkyl halides is 3. The van der Waals surface area contributed by atoms with Crippen molar-refractivity contribution in [2.45, 2.75) is 13.1 Å². The molecule has 0 saturated carbocycles. The molecule has 0 saturated heterocycles. The highest BCUT2D eigenvalue weighted by molar-refractivity contribution is 5.27. The third-order valence-corrected chi connectivity index (χ3v) is 1.48. The molecule has 0 spiro atoms. The van der Waals surface area contributed by atoms with E-state index < -0.39 is 12.8 Å². The number of halogens is 3. The molecule has 16 heavy (non-hydrogen) atoms. The Bertz CT molecular complexity index is 367. The standard InChI is InChI=1S/C8H11F3N4O/c1-5-12-6(15(2)3)14-7(13-5)16-4-8(9,10)11/h4H2,1-3H3. The van der Waals surface area contributed by atoms with E-state index in [1.807, 2.05) is 0 Å². The molecule has 0 unspecified atom stereocenters. The highest BCUT2D eigenvalue weighted by Gasteiger charge is 2.29. The van der Waals surface area contributed by atoms with Gasteiger partial charge in [0.15, 0.2) is 6.61 Å². The van der Waals surface area contributed by atoms with Crippen LogP contribution in [0.5, 0.6) is 6.01 Å². The summed E-state index contributed by atoms with van der Waals surface area (Å²) in [6.07, 6.45) is -4.40. The summed E-state index contributed by atoms with van der Waals surface area (Å²) in [6.45, 7) is 0.137. The largest absolute Gasteiger partial charge is 0.454 e. The molecule has 0 aliphatic rings. The van der Waals surface area contributed by atoms with Gasteiger partial charge in [0.2, 0.25) is 5.95 Å². The first kappa shape index (κ1) is 12.5. The Morgan fingerprint density at radius 2 is 1.81 bits per heavy atom. The lowest BCUT2D eigenvalue weighted by Gasteiger charge is -2.12. The van der Waals surface area contributed by atoms with Crippen molar-refractivity contribution in [1.29, 1.82) is 0 Å².